The maximum Gasteiger partial charge on any atom is 0.270 e. The van der Waals surface area contributed by atoms with Crippen molar-refractivity contribution in [3.8, 4) is 5.75 Å². The van der Waals surface area contributed by atoms with Crippen LogP contribution in [-0.4, -0.2) is 17.9 Å². The number of anilines is 1. The van der Waals surface area contributed by atoms with Gasteiger partial charge in [-0.15, -0.1) is 0 Å². The number of carbonyl (C=O) groups excluding carboxylic acids is 1. The molecule has 2 rings (SSSR count). The predicted molar refractivity (Wildman–Crippen MR) is 99.2 cm³/mol. The summed E-state index contributed by atoms with van der Waals surface area (Å²) in [5.74, 6) is 0.350. The second-order valence-corrected chi connectivity index (χ2v) is 6.35. The number of nitro groups is 1. The average Bonchev–Trinajstić information content (AvgIpc) is 2.54. The molecule has 124 valence electrons. The van der Waals surface area contributed by atoms with Gasteiger partial charge < -0.3 is 10.1 Å². The summed E-state index contributed by atoms with van der Waals surface area (Å²) in [5.41, 5.74) is 1.21. The van der Waals surface area contributed by atoms with Crippen LogP contribution >= 0.6 is 31.9 Å². The van der Waals surface area contributed by atoms with Crippen molar-refractivity contribution in [3.63, 3.8) is 0 Å². The molecular formula is C16H12Br2N2O4. The third-order valence-electron chi connectivity index (χ3n) is 3.02. The highest BCUT2D eigenvalue weighted by molar-refractivity contribution is 9.11. The Morgan fingerprint density at radius 3 is 2.54 bits per heavy atom. The Hall–Kier alpha value is -2.19. The number of benzene rings is 2. The predicted octanol–water partition coefficient (Wildman–Crippen LogP) is 4.78. The second kappa shape index (κ2) is 8.07. The van der Waals surface area contributed by atoms with E-state index in [1.165, 1.54) is 24.3 Å². The van der Waals surface area contributed by atoms with Gasteiger partial charge in [-0.3, -0.25) is 14.9 Å². The van der Waals surface area contributed by atoms with E-state index in [0.717, 1.165) is 10.0 Å². The fraction of sp³-hybridized carbons (Fsp3) is 0.0625. The molecule has 0 saturated carbocycles. The van der Waals surface area contributed by atoms with Crippen LogP contribution in [0.4, 0.5) is 11.4 Å². The molecule has 2 aromatic carbocycles. The quantitative estimate of drug-likeness (QED) is 0.399. The van der Waals surface area contributed by atoms with Gasteiger partial charge in [-0.25, -0.2) is 0 Å². The third-order valence-corrected chi connectivity index (χ3v) is 4.30. The summed E-state index contributed by atoms with van der Waals surface area (Å²) in [6.45, 7) is 0. The molecule has 0 heterocycles. The Morgan fingerprint density at radius 1 is 1.21 bits per heavy atom. The van der Waals surface area contributed by atoms with Gasteiger partial charge in [0.1, 0.15) is 5.75 Å². The lowest BCUT2D eigenvalue weighted by atomic mass is 10.2. The summed E-state index contributed by atoms with van der Waals surface area (Å²) in [7, 11) is 1.57. The number of non-ortho nitro benzene ring substituents is 1. The van der Waals surface area contributed by atoms with Crippen LogP contribution in [0.1, 0.15) is 5.56 Å². The van der Waals surface area contributed by atoms with Crippen molar-refractivity contribution in [1.29, 1.82) is 0 Å². The van der Waals surface area contributed by atoms with Crippen LogP contribution in [0.3, 0.4) is 0 Å². The van der Waals surface area contributed by atoms with Crippen molar-refractivity contribution in [2.24, 2.45) is 0 Å². The van der Waals surface area contributed by atoms with Crippen LogP contribution in [0.25, 0.3) is 6.08 Å². The van der Waals surface area contributed by atoms with Crippen LogP contribution in [0.5, 0.6) is 5.75 Å². The maximum atomic E-state index is 12.0. The van der Waals surface area contributed by atoms with Crippen molar-refractivity contribution >= 4 is 55.2 Å². The molecule has 24 heavy (non-hydrogen) atoms. The maximum absolute atomic E-state index is 12.0. The Bertz CT molecular complexity index is 822. The second-order valence-electron chi connectivity index (χ2n) is 4.64. The van der Waals surface area contributed by atoms with Gasteiger partial charge in [0, 0.05) is 22.7 Å². The summed E-state index contributed by atoms with van der Waals surface area (Å²) in [6, 6.07) is 9.55. The molecule has 0 aliphatic heterocycles. The van der Waals surface area contributed by atoms with Gasteiger partial charge in [0.25, 0.3) is 5.69 Å². The van der Waals surface area contributed by atoms with Gasteiger partial charge in [-0.2, -0.15) is 0 Å². The van der Waals surface area contributed by atoms with E-state index >= 15 is 0 Å². The molecule has 0 fully saturated rings. The number of nitro benzene ring substituents is 1. The van der Waals surface area contributed by atoms with Crippen LogP contribution in [0, 0.1) is 10.1 Å². The van der Waals surface area contributed by atoms with E-state index in [4.69, 9.17) is 4.74 Å². The van der Waals surface area contributed by atoms with Crippen LogP contribution < -0.4 is 10.1 Å². The zero-order valence-corrected chi connectivity index (χ0v) is 15.6. The highest BCUT2D eigenvalue weighted by Crippen LogP contribution is 2.28. The Balaban J connectivity index is 2.08. The summed E-state index contributed by atoms with van der Waals surface area (Å²) >= 11 is 6.58. The standard InChI is InChI=1S/C16H12Br2N2O4/c1-24-15-6-2-10(8-13(15)18)3-7-16(21)19-14-5-4-11(20(22)23)9-12(14)17/h2-9H,1H3,(H,19,21)/b7-3+. The smallest absolute Gasteiger partial charge is 0.270 e. The number of ether oxygens (including phenoxy) is 1. The monoisotopic (exact) mass is 454 g/mol. The van der Waals surface area contributed by atoms with Crippen molar-refractivity contribution in [2.45, 2.75) is 0 Å². The fourth-order valence-electron chi connectivity index (χ4n) is 1.85. The largest absolute Gasteiger partial charge is 0.496 e. The van der Waals surface area contributed by atoms with Crippen molar-refractivity contribution in [1.82, 2.24) is 0 Å². The molecular weight excluding hydrogens is 444 g/mol. The van der Waals surface area contributed by atoms with E-state index < -0.39 is 4.92 Å². The molecule has 0 bridgehead atoms. The topological polar surface area (TPSA) is 81.5 Å². The van der Waals surface area contributed by atoms with Crippen molar-refractivity contribution in [2.75, 3.05) is 12.4 Å². The molecule has 0 radical (unpaired) electrons. The van der Waals surface area contributed by atoms with Crippen LogP contribution in [0.2, 0.25) is 0 Å². The molecule has 0 saturated heterocycles. The zero-order chi connectivity index (χ0) is 17.7. The molecule has 8 heteroatoms. The number of nitrogens with one attached hydrogen (secondary N) is 1. The molecule has 2 aromatic rings. The van der Waals surface area contributed by atoms with E-state index in [-0.39, 0.29) is 11.6 Å². The molecule has 0 aromatic heterocycles. The van der Waals surface area contributed by atoms with Gasteiger partial charge in [-0.05, 0) is 61.7 Å². The lowest BCUT2D eigenvalue weighted by Gasteiger charge is -2.05. The Morgan fingerprint density at radius 2 is 1.96 bits per heavy atom. The highest BCUT2D eigenvalue weighted by Gasteiger charge is 2.10. The van der Waals surface area contributed by atoms with Gasteiger partial charge in [0.2, 0.25) is 5.91 Å². The van der Waals surface area contributed by atoms with Crippen molar-refractivity contribution in [3.05, 3.63) is 67.1 Å². The molecule has 0 aliphatic carbocycles. The first-order valence-electron chi connectivity index (χ1n) is 6.67. The van der Waals surface area contributed by atoms with E-state index in [1.807, 2.05) is 12.1 Å². The Kier molecular flexibility index (Phi) is 6.10. The SMILES string of the molecule is COc1ccc(/C=C/C(=O)Nc2ccc([N+](=O)[O-])cc2Br)cc1Br. The van der Waals surface area contributed by atoms with Crippen LogP contribution in [-0.2, 0) is 4.79 Å². The van der Waals surface area contributed by atoms with E-state index in [1.54, 1.807) is 19.3 Å². The zero-order valence-electron chi connectivity index (χ0n) is 12.5. The van der Waals surface area contributed by atoms with E-state index in [0.29, 0.717) is 15.9 Å². The molecule has 1 amide bonds. The van der Waals surface area contributed by atoms with Gasteiger partial charge >= 0.3 is 0 Å². The third kappa shape index (κ3) is 4.65. The number of hydrogen-bond donors (Lipinski definition) is 1. The number of hydrogen-bond acceptors (Lipinski definition) is 4. The molecule has 0 atom stereocenters. The van der Waals surface area contributed by atoms with Gasteiger partial charge in [-0.1, -0.05) is 6.07 Å². The minimum absolute atomic E-state index is 0.0569. The molecule has 0 spiro atoms. The lowest BCUT2D eigenvalue weighted by molar-refractivity contribution is -0.384. The normalized spacial score (nSPS) is 10.6. The number of amides is 1. The first-order chi connectivity index (χ1) is 11.4. The minimum Gasteiger partial charge on any atom is -0.496 e. The van der Waals surface area contributed by atoms with Gasteiger partial charge in [0.05, 0.1) is 22.2 Å². The molecule has 6 nitrogen and oxygen atoms in total. The van der Waals surface area contributed by atoms with E-state index in [2.05, 4.69) is 37.2 Å². The molecule has 0 aliphatic rings. The minimum atomic E-state index is -0.502. The number of rotatable bonds is 5. The summed E-state index contributed by atoms with van der Waals surface area (Å²) < 4.78 is 6.36. The van der Waals surface area contributed by atoms with E-state index in [9.17, 15) is 14.9 Å². The molecule has 0 unspecified atom stereocenters. The summed E-state index contributed by atoms with van der Waals surface area (Å²) in [6.07, 6.45) is 3.03. The first kappa shape index (κ1) is 18.2. The van der Waals surface area contributed by atoms with Crippen LogP contribution in [0.15, 0.2) is 51.4 Å². The number of methoxy groups -OCH3 is 1. The number of halogens is 2. The number of nitrogens with zero attached hydrogens (tertiary/aromatic N) is 1. The summed E-state index contributed by atoms with van der Waals surface area (Å²) in [5, 5.41) is 13.3. The Labute approximate surface area is 154 Å². The lowest BCUT2D eigenvalue weighted by Crippen LogP contribution is -2.08. The molecule has 1 N–H and O–H groups in total. The van der Waals surface area contributed by atoms with Crippen molar-refractivity contribution < 1.29 is 14.5 Å². The first-order valence-corrected chi connectivity index (χ1v) is 8.26. The highest BCUT2D eigenvalue weighted by atomic mass is 79.9. The fourth-order valence-corrected chi connectivity index (χ4v) is 2.88. The number of carbonyl (C=O) groups is 1. The summed E-state index contributed by atoms with van der Waals surface area (Å²) in [4.78, 5) is 22.2. The average molecular weight is 456 g/mol. The van der Waals surface area contributed by atoms with Gasteiger partial charge in [0.15, 0.2) is 0 Å².